The van der Waals surface area contributed by atoms with Gasteiger partial charge in [0.25, 0.3) is 0 Å². The number of hydrogen-bond acceptors (Lipinski definition) is 5. The first-order valence-electron chi connectivity index (χ1n) is 9.32. The van der Waals surface area contributed by atoms with E-state index in [1.807, 2.05) is 9.80 Å². The number of carbonyl (C=O) groups is 2. The Bertz CT molecular complexity index is 626. The Morgan fingerprint density at radius 2 is 1.52 bits per heavy atom. The summed E-state index contributed by atoms with van der Waals surface area (Å²) in [5, 5.41) is 0. The molecule has 1 atom stereocenters. The van der Waals surface area contributed by atoms with Crippen LogP contribution in [-0.2, 0) is 9.59 Å². The molecule has 3 heterocycles. The minimum absolute atomic E-state index is 0.0315. The van der Waals surface area contributed by atoms with Crippen molar-refractivity contribution in [2.24, 2.45) is 11.8 Å². The van der Waals surface area contributed by atoms with Gasteiger partial charge in [0.2, 0.25) is 17.8 Å². The van der Waals surface area contributed by atoms with Crippen molar-refractivity contribution in [3.63, 3.8) is 0 Å². The van der Waals surface area contributed by atoms with E-state index < -0.39 is 0 Å². The highest BCUT2D eigenvalue weighted by molar-refractivity contribution is 5.83. The lowest BCUT2D eigenvalue weighted by molar-refractivity contribution is -0.141. The molecule has 3 aliphatic rings. The summed E-state index contributed by atoms with van der Waals surface area (Å²) in [4.78, 5) is 39.7. The van der Waals surface area contributed by atoms with Crippen LogP contribution < -0.4 is 4.90 Å². The molecular formula is C18H25N5O2. The Kier molecular flexibility index (Phi) is 4.55. The third kappa shape index (κ3) is 3.60. The minimum atomic E-state index is -0.0315. The largest absolute Gasteiger partial charge is 0.342 e. The van der Waals surface area contributed by atoms with Gasteiger partial charge in [-0.2, -0.15) is 0 Å². The van der Waals surface area contributed by atoms with Gasteiger partial charge in [0.05, 0.1) is 5.92 Å². The van der Waals surface area contributed by atoms with Crippen molar-refractivity contribution in [1.29, 1.82) is 0 Å². The van der Waals surface area contributed by atoms with Gasteiger partial charge in [0.15, 0.2) is 0 Å². The van der Waals surface area contributed by atoms with Gasteiger partial charge in [-0.15, -0.1) is 0 Å². The fourth-order valence-electron chi connectivity index (χ4n) is 3.81. The molecule has 0 radical (unpaired) electrons. The van der Waals surface area contributed by atoms with Crippen LogP contribution in [0.4, 0.5) is 5.95 Å². The van der Waals surface area contributed by atoms with Gasteiger partial charge in [-0.1, -0.05) is 0 Å². The van der Waals surface area contributed by atoms with Gasteiger partial charge >= 0.3 is 0 Å². The molecule has 4 rings (SSSR count). The maximum atomic E-state index is 12.9. The van der Waals surface area contributed by atoms with Crippen LogP contribution in [0, 0.1) is 11.8 Å². The zero-order valence-electron chi connectivity index (χ0n) is 14.5. The number of anilines is 1. The third-order valence-corrected chi connectivity index (χ3v) is 5.44. The molecule has 25 heavy (non-hydrogen) atoms. The van der Waals surface area contributed by atoms with Crippen LogP contribution in [-0.4, -0.2) is 70.9 Å². The monoisotopic (exact) mass is 343 g/mol. The second-order valence-electron chi connectivity index (χ2n) is 7.26. The summed E-state index contributed by atoms with van der Waals surface area (Å²) >= 11 is 0. The van der Waals surface area contributed by atoms with Gasteiger partial charge in [-0.25, -0.2) is 9.97 Å². The summed E-state index contributed by atoms with van der Waals surface area (Å²) in [6, 6.07) is 1.81. The van der Waals surface area contributed by atoms with Gasteiger partial charge < -0.3 is 14.7 Å². The predicted octanol–water partition coefficient (Wildman–Crippen LogP) is 0.774. The fraction of sp³-hybridized carbons (Fsp3) is 0.667. The smallest absolute Gasteiger partial charge is 0.227 e. The van der Waals surface area contributed by atoms with Crippen molar-refractivity contribution in [2.45, 2.75) is 25.7 Å². The van der Waals surface area contributed by atoms with Crippen LogP contribution in [0.15, 0.2) is 18.5 Å². The summed E-state index contributed by atoms with van der Waals surface area (Å²) < 4.78 is 0. The van der Waals surface area contributed by atoms with E-state index in [2.05, 4.69) is 14.9 Å². The first-order chi connectivity index (χ1) is 12.2. The lowest BCUT2D eigenvalue weighted by atomic mass is 9.95. The molecule has 134 valence electrons. The first-order valence-corrected chi connectivity index (χ1v) is 9.32. The van der Waals surface area contributed by atoms with Gasteiger partial charge in [-0.3, -0.25) is 9.59 Å². The summed E-state index contributed by atoms with van der Waals surface area (Å²) in [5.41, 5.74) is 0. The van der Waals surface area contributed by atoms with Crippen molar-refractivity contribution < 1.29 is 9.59 Å². The lowest BCUT2D eigenvalue weighted by Gasteiger charge is -2.39. The highest BCUT2D eigenvalue weighted by Gasteiger charge is 2.38. The third-order valence-electron chi connectivity index (χ3n) is 5.44. The van der Waals surface area contributed by atoms with Gasteiger partial charge in [0.1, 0.15) is 0 Å². The molecule has 3 fully saturated rings. The predicted molar refractivity (Wildman–Crippen MR) is 92.9 cm³/mol. The summed E-state index contributed by atoms with van der Waals surface area (Å²) in [6.45, 7) is 4.34. The van der Waals surface area contributed by atoms with Crippen LogP contribution in [0.5, 0.6) is 0 Å². The maximum Gasteiger partial charge on any atom is 0.227 e. The van der Waals surface area contributed by atoms with E-state index >= 15 is 0 Å². The van der Waals surface area contributed by atoms with Crippen molar-refractivity contribution in [1.82, 2.24) is 19.8 Å². The molecule has 2 aliphatic heterocycles. The number of piperazine rings is 1. The van der Waals surface area contributed by atoms with E-state index in [1.54, 1.807) is 18.5 Å². The number of nitrogens with zero attached hydrogens (tertiary/aromatic N) is 5. The van der Waals surface area contributed by atoms with E-state index in [4.69, 9.17) is 0 Å². The highest BCUT2D eigenvalue weighted by Crippen LogP contribution is 2.32. The van der Waals surface area contributed by atoms with E-state index in [0.717, 1.165) is 51.3 Å². The number of amides is 2. The molecule has 7 heteroatoms. The Morgan fingerprint density at radius 1 is 0.840 bits per heavy atom. The molecule has 1 aromatic heterocycles. The first kappa shape index (κ1) is 16.3. The van der Waals surface area contributed by atoms with Crippen LogP contribution in [0.2, 0.25) is 0 Å². The summed E-state index contributed by atoms with van der Waals surface area (Å²) in [5.74, 6) is 1.41. The average Bonchev–Trinajstić information content (AvgIpc) is 3.53. The number of hydrogen-bond donors (Lipinski definition) is 0. The van der Waals surface area contributed by atoms with Crippen LogP contribution in [0.25, 0.3) is 0 Å². The van der Waals surface area contributed by atoms with Gasteiger partial charge in [0, 0.05) is 57.6 Å². The highest BCUT2D eigenvalue weighted by atomic mass is 16.2. The SMILES string of the molecule is O=C(C1CCCN(C(=O)C2CC2)C1)N1CCN(c2ncccn2)CC1. The Hall–Kier alpha value is -2.18. The molecule has 0 N–H and O–H groups in total. The molecular weight excluding hydrogens is 318 g/mol. The van der Waals surface area contributed by atoms with Crippen molar-refractivity contribution in [3.05, 3.63) is 18.5 Å². The Labute approximate surface area is 148 Å². The quantitative estimate of drug-likeness (QED) is 0.811. The van der Waals surface area contributed by atoms with E-state index in [0.29, 0.717) is 19.6 Å². The van der Waals surface area contributed by atoms with E-state index in [-0.39, 0.29) is 23.7 Å². The molecule has 7 nitrogen and oxygen atoms in total. The van der Waals surface area contributed by atoms with Gasteiger partial charge in [-0.05, 0) is 31.7 Å². The topological polar surface area (TPSA) is 69.6 Å². The Morgan fingerprint density at radius 3 is 2.20 bits per heavy atom. The molecule has 1 aromatic rings. The molecule has 1 unspecified atom stereocenters. The minimum Gasteiger partial charge on any atom is -0.342 e. The number of likely N-dealkylation sites (tertiary alicyclic amines) is 1. The molecule has 1 aliphatic carbocycles. The molecule has 0 aromatic carbocycles. The normalized spacial score (nSPS) is 24.3. The zero-order chi connectivity index (χ0) is 17.2. The average molecular weight is 343 g/mol. The van der Waals surface area contributed by atoms with Crippen LogP contribution in [0.3, 0.4) is 0 Å². The number of piperidine rings is 1. The molecule has 1 saturated carbocycles. The summed E-state index contributed by atoms with van der Waals surface area (Å²) in [6.07, 6.45) is 7.37. The lowest BCUT2D eigenvalue weighted by Crippen LogP contribution is -2.53. The summed E-state index contributed by atoms with van der Waals surface area (Å²) in [7, 11) is 0. The van der Waals surface area contributed by atoms with Crippen LogP contribution in [0.1, 0.15) is 25.7 Å². The second kappa shape index (κ2) is 6.98. The molecule has 2 amide bonds. The fourth-order valence-corrected chi connectivity index (χ4v) is 3.81. The zero-order valence-corrected chi connectivity index (χ0v) is 14.5. The van der Waals surface area contributed by atoms with Crippen molar-refractivity contribution in [2.75, 3.05) is 44.2 Å². The Balaban J connectivity index is 1.31. The molecule has 0 spiro atoms. The maximum absolute atomic E-state index is 12.9. The molecule has 0 bridgehead atoms. The molecule has 2 saturated heterocycles. The second-order valence-corrected chi connectivity index (χ2v) is 7.26. The van der Waals surface area contributed by atoms with E-state index in [1.165, 1.54) is 0 Å². The van der Waals surface area contributed by atoms with E-state index in [9.17, 15) is 9.59 Å². The number of aromatic nitrogens is 2. The number of rotatable bonds is 3. The van der Waals surface area contributed by atoms with Crippen LogP contribution >= 0.6 is 0 Å². The van der Waals surface area contributed by atoms with Crippen molar-refractivity contribution in [3.8, 4) is 0 Å². The van der Waals surface area contributed by atoms with Crippen molar-refractivity contribution >= 4 is 17.8 Å². The standard InChI is InChI=1S/C18H25N5O2/c24-16(14-4-5-14)23-8-1-3-15(13-23)17(25)21-9-11-22(12-10-21)18-19-6-2-7-20-18/h2,6-7,14-15H,1,3-5,8-13H2. The number of carbonyl (C=O) groups excluding carboxylic acids is 2.